The average Bonchev–Trinajstić information content (AvgIpc) is 3.46. The first-order chi connectivity index (χ1) is 11.8. The zero-order chi connectivity index (χ0) is 16.1. The van der Waals surface area contributed by atoms with Gasteiger partial charge in [0.05, 0.1) is 5.69 Å². The molecule has 6 rings (SSSR count). The van der Waals surface area contributed by atoms with Gasteiger partial charge in [0, 0.05) is 55.6 Å². The molecule has 2 unspecified atom stereocenters. The first-order valence-electron chi connectivity index (χ1n) is 8.70. The van der Waals surface area contributed by atoms with Crippen LogP contribution in [0, 0.1) is 5.82 Å². The minimum absolute atomic E-state index is 0.204. The van der Waals surface area contributed by atoms with Crippen LogP contribution < -0.4 is 4.90 Å². The summed E-state index contributed by atoms with van der Waals surface area (Å²) >= 11 is 0. The molecule has 0 amide bonds. The Labute approximate surface area is 140 Å². The fourth-order valence-corrected chi connectivity index (χ4v) is 3.98. The Hall–Kier alpha value is -2.08. The molecule has 5 heterocycles. The molecule has 24 heavy (non-hydrogen) atoms. The molecule has 3 aliphatic heterocycles. The lowest BCUT2D eigenvalue weighted by molar-refractivity contribution is -0.0105. The normalized spacial score (nSPS) is 26.3. The molecular formula is C18H20FN5. The highest BCUT2D eigenvalue weighted by atomic mass is 19.1. The average molecular weight is 325 g/mol. The minimum atomic E-state index is -0.204. The molecule has 124 valence electrons. The van der Waals surface area contributed by atoms with Crippen LogP contribution in [0.3, 0.4) is 0 Å². The quantitative estimate of drug-likeness (QED) is 0.863. The molecule has 0 N–H and O–H groups in total. The number of piperidine rings is 1. The first kappa shape index (κ1) is 14.3. The molecule has 2 aromatic rings. The number of fused-ring (bicyclic) bond motifs is 2. The summed E-state index contributed by atoms with van der Waals surface area (Å²) < 4.78 is 13.8. The van der Waals surface area contributed by atoms with E-state index in [1.165, 1.54) is 31.0 Å². The van der Waals surface area contributed by atoms with Crippen molar-refractivity contribution in [1.82, 2.24) is 19.9 Å². The monoisotopic (exact) mass is 325 g/mol. The van der Waals surface area contributed by atoms with Crippen LogP contribution in [0.5, 0.6) is 0 Å². The van der Waals surface area contributed by atoms with E-state index in [0.717, 1.165) is 18.9 Å². The summed E-state index contributed by atoms with van der Waals surface area (Å²) in [5.74, 6) is 1.49. The Bertz CT molecular complexity index is 751. The molecule has 0 radical (unpaired) electrons. The number of pyridine rings is 1. The Morgan fingerprint density at radius 2 is 1.96 bits per heavy atom. The van der Waals surface area contributed by atoms with Crippen molar-refractivity contribution in [3.63, 3.8) is 0 Å². The zero-order valence-electron chi connectivity index (χ0n) is 13.5. The molecule has 2 bridgehead atoms. The number of nitrogens with zero attached hydrogens (tertiary/aromatic N) is 5. The van der Waals surface area contributed by atoms with Gasteiger partial charge in [-0.15, -0.1) is 0 Å². The van der Waals surface area contributed by atoms with Crippen molar-refractivity contribution in [3.05, 3.63) is 47.9 Å². The summed E-state index contributed by atoms with van der Waals surface area (Å²) in [6, 6.07) is 6.22. The zero-order valence-corrected chi connectivity index (χ0v) is 13.5. The SMILES string of the molecule is Fc1cccnc1CN1C2CC1CN(c1cc(C3CC3)ncn1)C2. The summed E-state index contributed by atoms with van der Waals surface area (Å²) in [5.41, 5.74) is 1.74. The van der Waals surface area contributed by atoms with E-state index in [0.29, 0.717) is 30.2 Å². The maximum Gasteiger partial charge on any atom is 0.146 e. The molecule has 5 nitrogen and oxygen atoms in total. The molecule has 4 fully saturated rings. The van der Waals surface area contributed by atoms with E-state index in [2.05, 4.69) is 30.8 Å². The van der Waals surface area contributed by atoms with Gasteiger partial charge in [0.1, 0.15) is 18.0 Å². The number of anilines is 1. The topological polar surface area (TPSA) is 45.2 Å². The second-order valence-corrected chi connectivity index (χ2v) is 7.13. The van der Waals surface area contributed by atoms with Crippen molar-refractivity contribution in [2.75, 3.05) is 18.0 Å². The molecule has 1 saturated carbocycles. The second kappa shape index (κ2) is 5.48. The van der Waals surface area contributed by atoms with Crippen molar-refractivity contribution >= 4 is 5.82 Å². The van der Waals surface area contributed by atoms with Crippen molar-refractivity contribution in [3.8, 4) is 0 Å². The molecule has 2 atom stereocenters. The van der Waals surface area contributed by atoms with Crippen LogP contribution >= 0.6 is 0 Å². The maximum absolute atomic E-state index is 13.8. The second-order valence-electron chi connectivity index (χ2n) is 7.13. The lowest BCUT2D eigenvalue weighted by Crippen LogP contribution is -2.68. The lowest BCUT2D eigenvalue weighted by Gasteiger charge is -2.56. The third kappa shape index (κ3) is 2.45. The van der Waals surface area contributed by atoms with Crippen LogP contribution in [0.15, 0.2) is 30.7 Å². The highest BCUT2D eigenvalue weighted by Crippen LogP contribution is 2.40. The maximum atomic E-state index is 13.8. The van der Waals surface area contributed by atoms with Gasteiger partial charge in [-0.25, -0.2) is 14.4 Å². The van der Waals surface area contributed by atoms with E-state index < -0.39 is 0 Å². The smallest absolute Gasteiger partial charge is 0.146 e. The van der Waals surface area contributed by atoms with Gasteiger partial charge < -0.3 is 4.90 Å². The van der Waals surface area contributed by atoms with E-state index in [1.807, 2.05) is 0 Å². The fraction of sp³-hybridized carbons (Fsp3) is 0.500. The summed E-state index contributed by atoms with van der Waals surface area (Å²) in [6.07, 6.45) is 7.06. The molecule has 0 aromatic carbocycles. The van der Waals surface area contributed by atoms with Gasteiger partial charge in [-0.05, 0) is 31.4 Å². The van der Waals surface area contributed by atoms with Gasteiger partial charge >= 0.3 is 0 Å². The third-order valence-electron chi connectivity index (χ3n) is 5.50. The van der Waals surface area contributed by atoms with Gasteiger partial charge in [-0.3, -0.25) is 9.88 Å². The van der Waals surface area contributed by atoms with Crippen molar-refractivity contribution in [2.45, 2.75) is 43.8 Å². The molecular weight excluding hydrogens is 305 g/mol. The highest BCUT2D eigenvalue weighted by Gasteiger charge is 2.45. The van der Waals surface area contributed by atoms with Crippen LogP contribution in [0.2, 0.25) is 0 Å². The number of hydrogen-bond donors (Lipinski definition) is 0. The first-order valence-corrected chi connectivity index (χ1v) is 8.70. The highest BCUT2D eigenvalue weighted by molar-refractivity contribution is 5.43. The number of aromatic nitrogens is 3. The summed E-state index contributed by atoms with van der Waals surface area (Å²) in [4.78, 5) is 17.8. The Balaban J connectivity index is 1.29. The van der Waals surface area contributed by atoms with Gasteiger partial charge in [-0.2, -0.15) is 0 Å². The largest absolute Gasteiger partial charge is 0.353 e. The van der Waals surface area contributed by atoms with Gasteiger partial charge in [0.25, 0.3) is 0 Å². The van der Waals surface area contributed by atoms with Gasteiger partial charge in [-0.1, -0.05) is 0 Å². The number of hydrogen-bond acceptors (Lipinski definition) is 5. The lowest BCUT2D eigenvalue weighted by atomic mass is 9.87. The van der Waals surface area contributed by atoms with Crippen LogP contribution in [0.4, 0.5) is 10.2 Å². The fourth-order valence-electron chi connectivity index (χ4n) is 3.98. The standard InChI is InChI=1S/C18H20FN5/c19-15-2-1-5-20-17(15)10-24-13-6-14(24)9-23(8-13)18-7-16(12-3-4-12)21-11-22-18/h1-2,5,7,11-14H,3-4,6,8-10H2. The van der Waals surface area contributed by atoms with E-state index >= 15 is 0 Å². The minimum Gasteiger partial charge on any atom is -0.353 e. The molecule has 1 aliphatic carbocycles. The Morgan fingerprint density at radius 1 is 1.12 bits per heavy atom. The van der Waals surface area contributed by atoms with Crippen molar-refractivity contribution in [2.24, 2.45) is 0 Å². The predicted octanol–water partition coefficient (Wildman–Crippen LogP) is 2.35. The van der Waals surface area contributed by atoms with E-state index in [-0.39, 0.29) is 5.82 Å². The van der Waals surface area contributed by atoms with Crippen LogP contribution in [-0.4, -0.2) is 45.0 Å². The van der Waals surface area contributed by atoms with E-state index in [9.17, 15) is 4.39 Å². The summed E-state index contributed by atoms with van der Waals surface area (Å²) in [5, 5.41) is 0. The molecule has 0 spiro atoms. The van der Waals surface area contributed by atoms with Gasteiger partial charge in [0.2, 0.25) is 0 Å². The summed E-state index contributed by atoms with van der Waals surface area (Å²) in [6.45, 7) is 2.51. The number of halogens is 1. The van der Waals surface area contributed by atoms with Gasteiger partial charge in [0.15, 0.2) is 0 Å². The Morgan fingerprint density at radius 3 is 2.71 bits per heavy atom. The van der Waals surface area contributed by atoms with Crippen LogP contribution in [0.1, 0.15) is 36.6 Å². The third-order valence-corrected chi connectivity index (χ3v) is 5.50. The number of rotatable bonds is 4. The van der Waals surface area contributed by atoms with Crippen LogP contribution in [0.25, 0.3) is 0 Å². The molecule has 3 saturated heterocycles. The van der Waals surface area contributed by atoms with Crippen molar-refractivity contribution < 1.29 is 4.39 Å². The Kier molecular flexibility index (Phi) is 3.26. The number of piperazine rings is 1. The summed E-state index contributed by atoms with van der Waals surface area (Å²) in [7, 11) is 0. The van der Waals surface area contributed by atoms with Crippen molar-refractivity contribution in [1.29, 1.82) is 0 Å². The molecule has 2 aromatic heterocycles. The van der Waals surface area contributed by atoms with E-state index in [4.69, 9.17) is 0 Å². The van der Waals surface area contributed by atoms with E-state index in [1.54, 1.807) is 18.6 Å². The molecule has 4 aliphatic rings. The molecule has 6 heteroatoms. The van der Waals surface area contributed by atoms with Crippen LogP contribution in [-0.2, 0) is 6.54 Å². The predicted molar refractivity (Wildman–Crippen MR) is 88.2 cm³/mol.